The number of rotatable bonds is 4. The second-order valence-corrected chi connectivity index (χ2v) is 4.78. The van der Waals surface area contributed by atoms with Crippen LogP contribution in [0, 0.1) is 10.1 Å². The molecule has 1 saturated heterocycles. The molecule has 21 heavy (non-hydrogen) atoms. The van der Waals surface area contributed by atoms with Gasteiger partial charge in [-0.25, -0.2) is 0 Å². The van der Waals surface area contributed by atoms with E-state index >= 15 is 0 Å². The second kappa shape index (κ2) is 6.95. The minimum absolute atomic E-state index is 0.0330. The molecule has 0 unspecified atom stereocenters. The molecule has 0 spiro atoms. The first-order valence-corrected chi connectivity index (χ1v) is 6.68. The number of anilines is 1. The minimum atomic E-state index is -0.400. The number of hydrogen-bond donors (Lipinski definition) is 2. The third-order valence-electron chi connectivity index (χ3n) is 2.94. The number of hydrogen-bond acceptors (Lipinski definition) is 6. The second-order valence-electron chi connectivity index (χ2n) is 4.34. The molecule has 1 aromatic carbocycles. The fourth-order valence-corrected chi connectivity index (χ4v) is 2.06. The van der Waals surface area contributed by atoms with Crippen LogP contribution in [0.4, 0.5) is 11.4 Å². The summed E-state index contributed by atoms with van der Waals surface area (Å²) in [5.41, 5.74) is 8.85. The average Bonchev–Trinajstić information content (AvgIpc) is 2.47. The van der Waals surface area contributed by atoms with Crippen molar-refractivity contribution in [2.24, 2.45) is 10.8 Å². The SMILES string of the molecule is NC(=S)NN=Cc1ccc(N2CCOCC2)c([N+](=O)[O-])c1. The Hall–Kier alpha value is -2.26. The first-order valence-electron chi connectivity index (χ1n) is 6.27. The normalized spacial score (nSPS) is 15.1. The van der Waals surface area contributed by atoms with E-state index < -0.39 is 4.92 Å². The molecule has 0 atom stereocenters. The lowest BCUT2D eigenvalue weighted by molar-refractivity contribution is -0.384. The van der Waals surface area contributed by atoms with E-state index in [2.05, 4.69) is 22.7 Å². The molecule has 112 valence electrons. The molecule has 2 rings (SSSR count). The Morgan fingerprint density at radius 1 is 1.52 bits per heavy atom. The van der Waals surface area contributed by atoms with Crippen LogP contribution in [0.3, 0.4) is 0 Å². The van der Waals surface area contributed by atoms with E-state index in [0.29, 0.717) is 37.6 Å². The molecule has 8 nitrogen and oxygen atoms in total. The number of nitrogens with zero attached hydrogens (tertiary/aromatic N) is 3. The van der Waals surface area contributed by atoms with Gasteiger partial charge in [-0.3, -0.25) is 15.5 Å². The molecule has 1 aliphatic heterocycles. The van der Waals surface area contributed by atoms with Crippen LogP contribution in [0.25, 0.3) is 0 Å². The maximum Gasteiger partial charge on any atom is 0.293 e. The van der Waals surface area contributed by atoms with Crippen molar-refractivity contribution < 1.29 is 9.66 Å². The summed E-state index contributed by atoms with van der Waals surface area (Å²) in [5.74, 6) is 0. The number of morpholine rings is 1. The quantitative estimate of drug-likeness (QED) is 0.363. The van der Waals surface area contributed by atoms with Crippen molar-refractivity contribution in [1.29, 1.82) is 0 Å². The zero-order valence-electron chi connectivity index (χ0n) is 11.2. The van der Waals surface area contributed by atoms with Crippen LogP contribution in [0.2, 0.25) is 0 Å². The molecule has 9 heteroatoms. The highest BCUT2D eigenvalue weighted by Gasteiger charge is 2.21. The Labute approximate surface area is 126 Å². The summed E-state index contributed by atoms with van der Waals surface area (Å²) in [7, 11) is 0. The monoisotopic (exact) mass is 309 g/mol. The number of nitro benzene ring substituents is 1. The van der Waals surface area contributed by atoms with Crippen LogP contribution < -0.4 is 16.1 Å². The molecule has 1 heterocycles. The van der Waals surface area contributed by atoms with Gasteiger partial charge in [0.05, 0.1) is 24.4 Å². The van der Waals surface area contributed by atoms with Crippen molar-refractivity contribution in [2.45, 2.75) is 0 Å². The van der Waals surface area contributed by atoms with Gasteiger partial charge in [0, 0.05) is 24.7 Å². The Balaban J connectivity index is 2.24. The fraction of sp³-hybridized carbons (Fsp3) is 0.333. The van der Waals surface area contributed by atoms with Gasteiger partial charge in [-0.15, -0.1) is 0 Å². The van der Waals surface area contributed by atoms with Crippen molar-refractivity contribution >= 4 is 34.9 Å². The number of nitrogens with one attached hydrogen (secondary N) is 1. The highest BCUT2D eigenvalue weighted by atomic mass is 32.1. The molecule has 1 aliphatic rings. The lowest BCUT2D eigenvalue weighted by Gasteiger charge is -2.28. The van der Waals surface area contributed by atoms with Crippen LogP contribution in [0.1, 0.15) is 5.56 Å². The van der Waals surface area contributed by atoms with Gasteiger partial charge in [0.1, 0.15) is 5.69 Å². The van der Waals surface area contributed by atoms with Crippen molar-refractivity contribution in [3.05, 3.63) is 33.9 Å². The fourth-order valence-electron chi connectivity index (χ4n) is 2.01. The predicted molar refractivity (Wildman–Crippen MR) is 83.6 cm³/mol. The Morgan fingerprint density at radius 2 is 2.24 bits per heavy atom. The summed E-state index contributed by atoms with van der Waals surface area (Å²) < 4.78 is 5.26. The maximum absolute atomic E-state index is 11.2. The summed E-state index contributed by atoms with van der Waals surface area (Å²) in [6.07, 6.45) is 1.43. The number of nitro groups is 1. The van der Waals surface area contributed by atoms with Crippen molar-refractivity contribution in [2.75, 3.05) is 31.2 Å². The van der Waals surface area contributed by atoms with Crippen LogP contribution in [0.5, 0.6) is 0 Å². The van der Waals surface area contributed by atoms with Crippen molar-refractivity contribution in [3.8, 4) is 0 Å². The van der Waals surface area contributed by atoms with E-state index in [1.54, 1.807) is 12.1 Å². The summed E-state index contributed by atoms with van der Waals surface area (Å²) in [6.45, 7) is 2.41. The Morgan fingerprint density at radius 3 is 2.86 bits per heavy atom. The number of ether oxygens (including phenoxy) is 1. The zero-order chi connectivity index (χ0) is 15.2. The molecule has 1 aromatic rings. The molecule has 1 fully saturated rings. The van der Waals surface area contributed by atoms with E-state index in [-0.39, 0.29) is 10.8 Å². The highest BCUT2D eigenvalue weighted by Crippen LogP contribution is 2.29. The van der Waals surface area contributed by atoms with E-state index in [4.69, 9.17) is 10.5 Å². The van der Waals surface area contributed by atoms with E-state index in [1.165, 1.54) is 12.3 Å². The number of nitrogens with two attached hydrogens (primary N) is 1. The van der Waals surface area contributed by atoms with Gasteiger partial charge in [-0.05, 0) is 18.3 Å². The van der Waals surface area contributed by atoms with Gasteiger partial charge in [0.15, 0.2) is 5.11 Å². The molecular formula is C12H15N5O3S. The third-order valence-corrected chi connectivity index (χ3v) is 3.03. The molecule has 0 aliphatic carbocycles. The molecule has 0 bridgehead atoms. The first kappa shape index (κ1) is 15.1. The third kappa shape index (κ3) is 4.10. The van der Waals surface area contributed by atoms with E-state index in [1.807, 2.05) is 4.90 Å². The van der Waals surface area contributed by atoms with E-state index in [0.717, 1.165) is 0 Å². The van der Waals surface area contributed by atoms with E-state index in [9.17, 15) is 10.1 Å². The highest BCUT2D eigenvalue weighted by molar-refractivity contribution is 7.80. The summed E-state index contributed by atoms with van der Waals surface area (Å²) >= 11 is 4.61. The predicted octanol–water partition coefficient (Wildman–Crippen LogP) is 0.598. The minimum Gasteiger partial charge on any atom is -0.378 e. The van der Waals surface area contributed by atoms with Crippen LogP contribution >= 0.6 is 12.2 Å². The van der Waals surface area contributed by atoms with Gasteiger partial charge in [-0.1, -0.05) is 6.07 Å². The summed E-state index contributed by atoms with van der Waals surface area (Å²) in [6, 6.07) is 4.93. The van der Waals surface area contributed by atoms with Crippen LogP contribution in [-0.4, -0.2) is 42.6 Å². The smallest absolute Gasteiger partial charge is 0.293 e. The maximum atomic E-state index is 11.2. The molecule has 0 aromatic heterocycles. The lowest BCUT2D eigenvalue weighted by atomic mass is 10.1. The van der Waals surface area contributed by atoms with Crippen molar-refractivity contribution in [1.82, 2.24) is 5.43 Å². The van der Waals surface area contributed by atoms with Crippen LogP contribution in [0.15, 0.2) is 23.3 Å². The van der Waals surface area contributed by atoms with Gasteiger partial charge < -0.3 is 15.4 Å². The Bertz CT molecular complexity index is 572. The van der Waals surface area contributed by atoms with Crippen LogP contribution in [-0.2, 0) is 4.74 Å². The molecule has 0 amide bonds. The molecule has 0 radical (unpaired) electrons. The summed E-state index contributed by atoms with van der Waals surface area (Å²) in [5, 5.41) is 15.1. The standard InChI is InChI=1S/C12H15N5O3S/c13-12(21)15-14-8-9-1-2-10(11(7-9)17(18)19)16-3-5-20-6-4-16/h1-2,7-8H,3-6H2,(H3,13,15,21). The topological polar surface area (TPSA) is 106 Å². The molecule has 3 N–H and O–H groups in total. The average molecular weight is 309 g/mol. The number of benzene rings is 1. The van der Waals surface area contributed by atoms with Gasteiger partial charge in [-0.2, -0.15) is 5.10 Å². The summed E-state index contributed by atoms with van der Waals surface area (Å²) in [4.78, 5) is 12.8. The first-order chi connectivity index (χ1) is 10.1. The molecular weight excluding hydrogens is 294 g/mol. The number of thiocarbonyl (C=S) groups is 1. The van der Waals surface area contributed by atoms with Gasteiger partial charge in [0.25, 0.3) is 5.69 Å². The zero-order valence-corrected chi connectivity index (χ0v) is 12.0. The lowest BCUT2D eigenvalue weighted by Crippen LogP contribution is -2.36. The number of hydrazone groups is 1. The van der Waals surface area contributed by atoms with Gasteiger partial charge in [0.2, 0.25) is 0 Å². The van der Waals surface area contributed by atoms with Crippen molar-refractivity contribution in [3.63, 3.8) is 0 Å². The Kier molecular flexibility index (Phi) is 5.01. The van der Waals surface area contributed by atoms with Gasteiger partial charge >= 0.3 is 0 Å². The largest absolute Gasteiger partial charge is 0.378 e. The molecule has 0 saturated carbocycles.